The van der Waals surface area contributed by atoms with Gasteiger partial charge in [0.2, 0.25) is 5.91 Å². The molecule has 2 aliphatic rings. The van der Waals surface area contributed by atoms with Crippen LogP contribution in [-0.4, -0.2) is 16.7 Å². The number of ether oxygens (including phenoxy) is 1. The van der Waals surface area contributed by atoms with E-state index in [1.165, 1.54) is 0 Å². The third kappa shape index (κ3) is 2.92. The summed E-state index contributed by atoms with van der Waals surface area (Å²) in [5.41, 5.74) is 1.55. The van der Waals surface area contributed by atoms with Gasteiger partial charge in [-0.05, 0) is 49.5 Å². The first-order valence-electron chi connectivity index (χ1n) is 9.87. The second-order valence-corrected chi connectivity index (χ2v) is 8.01. The smallest absolute Gasteiger partial charge is 0.236 e. The predicted molar refractivity (Wildman–Crippen MR) is 121 cm³/mol. The number of amides is 1. The van der Waals surface area contributed by atoms with Crippen molar-refractivity contribution in [3.05, 3.63) is 90.5 Å². The van der Waals surface area contributed by atoms with Crippen molar-refractivity contribution in [3.63, 3.8) is 0 Å². The molecule has 3 aromatic carbocycles. The summed E-state index contributed by atoms with van der Waals surface area (Å²) in [6.07, 6.45) is 0. The first-order chi connectivity index (χ1) is 14.6. The molecule has 5 rings (SSSR count). The summed E-state index contributed by atoms with van der Waals surface area (Å²) < 4.78 is 6.54. The van der Waals surface area contributed by atoms with Crippen molar-refractivity contribution in [2.24, 2.45) is 5.92 Å². The van der Waals surface area contributed by atoms with Crippen molar-refractivity contribution in [1.82, 2.24) is 5.32 Å². The molecule has 0 saturated carbocycles. The van der Waals surface area contributed by atoms with Gasteiger partial charge >= 0.3 is 0 Å². The Kier molecular flexibility index (Phi) is 4.44. The minimum Gasteiger partial charge on any atom is -0.467 e. The summed E-state index contributed by atoms with van der Waals surface area (Å²) in [6, 6.07) is 26.8. The minimum atomic E-state index is -0.998. The van der Waals surface area contributed by atoms with Crippen LogP contribution in [0.1, 0.15) is 18.5 Å². The quantitative estimate of drug-likeness (QED) is 0.618. The maximum atomic E-state index is 13.6. The van der Waals surface area contributed by atoms with Crippen molar-refractivity contribution in [1.29, 1.82) is 0 Å². The number of carbonyl (C=O) groups excluding carboxylic acids is 1. The molecular formula is C24H21N3O2S. The number of nitrogens with zero attached hydrogens (tertiary/aromatic N) is 1. The Hall–Kier alpha value is -3.38. The number of hydrogen-bond donors (Lipinski definition) is 2. The summed E-state index contributed by atoms with van der Waals surface area (Å²) in [5, 5.41) is 7.00. The van der Waals surface area contributed by atoms with Gasteiger partial charge in [-0.2, -0.15) is 0 Å². The number of rotatable bonds is 3. The molecule has 5 nitrogen and oxygen atoms in total. The Labute approximate surface area is 180 Å². The van der Waals surface area contributed by atoms with Gasteiger partial charge in [0.05, 0.1) is 6.04 Å². The molecule has 1 fully saturated rings. The monoisotopic (exact) mass is 415 g/mol. The van der Waals surface area contributed by atoms with Crippen molar-refractivity contribution in [2.75, 3.05) is 10.2 Å². The molecule has 3 aromatic rings. The lowest BCUT2D eigenvalue weighted by Gasteiger charge is -2.56. The maximum Gasteiger partial charge on any atom is 0.236 e. The van der Waals surface area contributed by atoms with Gasteiger partial charge in [-0.25, -0.2) is 0 Å². The molecule has 30 heavy (non-hydrogen) atoms. The van der Waals surface area contributed by atoms with E-state index in [2.05, 4.69) is 10.6 Å². The Morgan fingerprint density at radius 3 is 2.37 bits per heavy atom. The van der Waals surface area contributed by atoms with Gasteiger partial charge in [0.1, 0.15) is 11.7 Å². The summed E-state index contributed by atoms with van der Waals surface area (Å²) in [5.74, 6) is 0.0864. The molecule has 0 aromatic heterocycles. The largest absolute Gasteiger partial charge is 0.467 e. The highest BCUT2D eigenvalue weighted by Crippen LogP contribution is 2.49. The van der Waals surface area contributed by atoms with Crippen molar-refractivity contribution in [3.8, 4) is 5.75 Å². The first-order valence-corrected chi connectivity index (χ1v) is 10.3. The van der Waals surface area contributed by atoms with Gasteiger partial charge in [-0.1, -0.05) is 54.6 Å². The second-order valence-electron chi connectivity index (χ2n) is 7.63. The van der Waals surface area contributed by atoms with Crippen LogP contribution in [0.2, 0.25) is 0 Å². The Balaban J connectivity index is 1.63. The van der Waals surface area contributed by atoms with Crippen LogP contribution < -0.4 is 20.3 Å². The Bertz CT molecular complexity index is 1110. The van der Waals surface area contributed by atoms with E-state index in [0.717, 1.165) is 22.7 Å². The maximum absolute atomic E-state index is 13.6. The summed E-state index contributed by atoms with van der Waals surface area (Å²) in [7, 11) is 0. The van der Waals surface area contributed by atoms with Crippen molar-refractivity contribution >= 4 is 34.6 Å². The summed E-state index contributed by atoms with van der Waals surface area (Å²) in [4.78, 5) is 15.5. The predicted octanol–water partition coefficient (Wildman–Crippen LogP) is 4.49. The lowest BCUT2D eigenvalue weighted by atomic mass is 9.78. The molecule has 0 unspecified atom stereocenters. The molecule has 0 radical (unpaired) electrons. The number of carbonyl (C=O) groups is 1. The molecule has 2 heterocycles. The molecule has 150 valence electrons. The summed E-state index contributed by atoms with van der Waals surface area (Å²) in [6.45, 7) is 1.94. The zero-order chi connectivity index (χ0) is 20.7. The standard InChI is InChI=1S/C24H21N3O2S/c1-24-20(22(28)25-16-10-4-2-5-11-16)21(18-14-8-9-15-19(18)29-24)26-23(30)27(24)17-12-6-3-7-13-17/h2-15,20-21H,1H3,(H,25,28)(H,26,30)/t20-,21-,24+/m1/s1. The lowest BCUT2D eigenvalue weighted by molar-refractivity contribution is -0.130. The third-order valence-electron chi connectivity index (χ3n) is 5.75. The molecule has 3 atom stereocenters. The van der Waals surface area contributed by atoms with E-state index >= 15 is 0 Å². The minimum absolute atomic E-state index is 0.126. The van der Waals surface area contributed by atoms with Crippen LogP contribution >= 0.6 is 12.2 Å². The Morgan fingerprint density at radius 2 is 1.63 bits per heavy atom. The molecule has 2 aliphatic heterocycles. The second kappa shape index (κ2) is 7.15. The lowest BCUT2D eigenvalue weighted by Crippen LogP contribution is -2.72. The average molecular weight is 416 g/mol. The highest BCUT2D eigenvalue weighted by Gasteiger charge is 2.59. The average Bonchev–Trinajstić information content (AvgIpc) is 2.74. The zero-order valence-corrected chi connectivity index (χ0v) is 17.2. The molecule has 0 spiro atoms. The van der Waals surface area contributed by atoms with Gasteiger partial charge in [0.25, 0.3) is 0 Å². The molecule has 1 amide bonds. The van der Waals surface area contributed by atoms with E-state index in [1.54, 1.807) is 0 Å². The third-order valence-corrected chi connectivity index (χ3v) is 6.05. The van der Waals surface area contributed by atoms with E-state index in [9.17, 15) is 4.79 Å². The first kappa shape index (κ1) is 18.6. The van der Waals surface area contributed by atoms with E-state index in [4.69, 9.17) is 17.0 Å². The highest BCUT2D eigenvalue weighted by atomic mass is 32.1. The molecule has 1 saturated heterocycles. The zero-order valence-electron chi connectivity index (χ0n) is 16.4. The topological polar surface area (TPSA) is 53.6 Å². The van der Waals surface area contributed by atoms with Gasteiger partial charge in [0.15, 0.2) is 10.8 Å². The number of hydrogen-bond acceptors (Lipinski definition) is 3. The fourth-order valence-electron chi connectivity index (χ4n) is 4.44. The Morgan fingerprint density at radius 1 is 1.00 bits per heavy atom. The van der Waals surface area contributed by atoms with Crippen LogP contribution in [0.3, 0.4) is 0 Å². The number of anilines is 2. The molecule has 2 bridgehead atoms. The van der Waals surface area contributed by atoms with Gasteiger partial charge in [-0.15, -0.1) is 0 Å². The molecular weight excluding hydrogens is 394 g/mol. The van der Waals surface area contributed by atoms with E-state index in [-0.39, 0.29) is 11.9 Å². The summed E-state index contributed by atoms with van der Waals surface area (Å²) >= 11 is 5.74. The van der Waals surface area contributed by atoms with Crippen molar-refractivity contribution in [2.45, 2.75) is 18.7 Å². The fraction of sp³-hybridized carbons (Fsp3) is 0.167. The van der Waals surface area contributed by atoms with Crippen LogP contribution in [-0.2, 0) is 4.79 Å². The van der Waals surface area contributed by atoms with Crippen LogP contribution in [0.5, 0.6) is 5.75 Å². The molecule has 0 aliphatic carbocycles. The number of benzene rings is 3. The molecule has 6 heteroatoms. The molecule has 2 N–H and O–H groups in total. The van der Waals surface area contributed by atoms with Crippen LogP contribution in [0, 0.1) is 5.92 Å². The van der Waals surface area contributed by atoms with Crippen LogP contribution in [0.25, 0.3) is 0 Å². The van der Waals surface area contributed by atoms with Gasteiger partial charge in [-0.3, -0.25) is 9.69 Å². The van der Waals surface area contributed by atoms with E-state index < -0.39 is 11.6 Å². The number of thiocarbonyl (C=S) groups is 1. The highest BCUT2D eigenvalue weighted by molar-refractivity contribution is 7.80. The van der Waals surface area contributed by atoms with Crippen LogP contribution in [0.4, 0.5) is 11.4 Å². The van der Waals surface area contributed by atoms with Crippen molar-refractivity contribution < 1.29 is 9.53 Å². The number of nitrogens with one attached hydrogen (secondary N) is 2. The van der Waals surface area contributed by atoms with E-state index in [1.807, 2.05) is 96.8 Å². The fourth-order valence-corrected chi connectivity index (χ4v) is 4.85. The number of para-hydroxylation sites is 3. The SMILES string of the molecule is C[C@@]12Oc3ccccc3[C@@H](NC(=S)N1c1ccccc1)[C@@H]2C(=O)Nc1ccccc1. The number of fused-ring (bicyclic) bond motifs is 4. The normalized spacial score (nSPS) is 24.3. The van der Waals surface area contributed by atoms with Gasteiger partial charge < -0.3 is 15.4 Å². The van der Waals surface area contributed by atoms with E-state index in [0.29, 0.717) is 5.11 Å². The van der Waals surface area contributed by atoms with Crippen LogP contribution in [0.15, 0.2) is 84.9 Å². The van der Waals surface area contributed by atoms with Gasteiger partial charge in [0, 0.05) is 16.9 Å².